The summed E-state index contributed by atoms with van der Waals surface area (Å²) in [7, 11) is 0. The summed E-state index contributed by atoms with van der Waals surface area (Å²) >= 11 is 6.06. The van der Waals surface area contributed by atoms with Gasteiger partial charge in [-0.25, -0.2) is 5.01 Å². The molecule has 5 rings (SSSR count). The minimum Gasteiger partial charge on any atom is -0.468 e. The van der Waals surface area contributed by atoms with E-state index in [0.717, 1.165) is 28.5 Å². The van der Waals surface area contributed by atoms with Crippen LogP contribution in [0.2, 0.25) is 5.02 Å². The van der Waals surface area contributed by atoms with Crippen molar-refractivity contribution in [1.29, 1.82) is 0 Å². The van der Waals surface area contributed by atoms with Crippen LogP contribution in [-0.4, -0.2) is 16.9 Å². The molecule has 0 N–H and O–H groups in total. The zero-order valence-corrected chi connectivity index (χ0v) is 15.5. The maximum absolute atomic E-state index is 6.49. The number of ether oxygens (including phenoxy) is 1. The molecule has 2 heterocycles. The van der Waals surface area contributed by atoms with E-state index < -0.39 is 0 Å². The van der Waals surface area contributed by atoms with Crippen LogP contribution in [0, 0.1) is 5.92 Å². The average molecular weight is 367 g/mol. The van der Waals surface area contributed by atoms with Gasteiger partial charge in [0, 0.05) is 22.9 Å². The lowest BCUT2D eigenvalue weighted by Gasteiger charge is -2.42. The summed E-state index contributed by atoms with van der Waals surface area (Å²) in [4.78, 5) is 0. The Bertz CT molecular complexity index is 826. The molecule has 134 valence electrons. The first-order valence-electron chi connectivity index (χ1n) is 9.67. The second kappa shape index (κ2) is 6.62. The molecule has 0 aromatic heterocycles. The number of hydrogen-bond acceptors (Lipinski definition) is 3. The smallest absolute Gasteiger partial charge is 0.190 e. The van der Waals surface area contributed by atoms with Gasteiger partial charge in [0.2, 0.25) is 0 Å². The zero-order valence-electron chi connectivity index (χ0n) is 14.8. The number of halogens is 1. The van der Waals surface area contributed by atoms with Gasteiger partial charge in [0.15, 0.2) is 6.23 Å². The van der Waals surface area contributed by atoms with Crippen molar-refractivity contribution in [2.45, 2.75) is 50.8 Å². The summed E-state index contributed by atoms with van der Waals surface area (Å²) in [6, 6.07) is 16.8. The van der Waals surface area contributed by atoms with Gasteiger partial charge >= 0.3 is 0 Å². The Kier molecular flexibility index (Phi) is 4.12. The van der Waals surface area contributed by atoms with Crippen LogP contribution >= 0.6 is 11.6 Å². The maximum atomic E-state index is 6.49. The van der Waals surface area contributed by atoms with E-state index in [1.54, 1.807) is 0 Å². The first-order valence-corrected chi connectivity index (χ1v) is 10.0. The molecule has 2 aromatic rings. The Morgan fingerprint density at radius 2 is 1.73 bits per heavy atom. The summed E-state index contributed by atoms with van der Waals surface area (Å²) in [6.45, 7) is 0. The molecule has 0 bridgehead atoms. The number of benzene rings is 2. The van der Waals surface area contributed by atoms with Crippen molar-refractivity contribution in [3.05, 3.63) is 64.7 Å². The van der Waals surface area contributed by atoms with Crippen molar-refractivity contribution < 1.29 is 4.74 Å². The summed E-state index contributed by atoms with van der Waals surface area (Å²) in [5, 5.41) is 8.06. The highest BCUT2D eigenvalue weighted by Gasteiger charge is 2.43. The number of hydrogen-bond donors (Lipinski definition) is 0. The Hall–Kier alpha value is -2.00. The Labute approximate surface area is 159 Å². The molecule has 4 heteroatoms. The lowest BCUT2D eigenvalue weighted by molar-refractivity contribution is -0.0643. The summed E-state index contributed by atoms with van der Waals surface area (Å²) in [6.07, 6.45) is 7.41. The fourth-order valence-electron chi connectivity index (χ4n) is 4.61. The van der Waals surface area contributed by atoms with Gasteiger partial charge in [0.1, 0.15) is 5.75 Å². The van der Waals surface area contributed by atoms with Crippen LogP contribution in [0.25, 0.3) is 0 Å². The van der Waals surface area contributed by atoms with E-state index in [1.807, 2.05) is 12.1 Å². The minimum absolute atomic E-state index is 0.0556. The van der Waals surface area contributed by atoms with Crippen molar-refractivity contribution in [2.75, 3.05) is 0 Å². The second-order valence-corrected chi connectivity index (χ2v) is 8.03. The van der Waals surface area contributed by atoms with Gasteiger partial charge < -0.3 is 4.74 Å². The van der Waals surface area contributed by atoms with Gasteiger partial charge in [-0.05, 0) is 36.6 Å². The molecule has 2 atom stereocenters. The molecule has 0 amide bonds. The molecule has 0 spiro atoms. The Morgan fingerprint density at radius 1 is 0.962 bits per heavy atom. The molecule has 2 aliphatic heterocycles. The number of rotatable bonds is 2. The van der Waals surface area contributed by atoms with Gasteiger partial charge in [0.05, 0.1) is 11.8 Å². The van der Waals surface area contributed by atoms with Crippen molar-refractivity contribution >= 4 is 17.3 Å². The number of hydrazone groups is 1. The predicted octanol–water partition coefficient (Wildman–Crippen LogP) is 5.79. The van der Waals surface area contributed by atoms with Gasteiger partial charge in [-0.15, -0.1) is 0 Å². The van der Waals surface area contributed by atoms with Crippen LogP contribution in [-0.2, 0) is 0 Å². The van der Waals surface area contributed by atoms with Crippen LogP contribution < -0.4 is 4.74 Å². The van der Waals surface area contributed by atoms with Crippen LogP contribution in [0.15, 0.2) is 53.6 Å². The highest BCUT2D eigenvalue weighted by Crippen LogP contribution is 2.46. The van der Waals surface area contributed by atoms with Crippen LogP contribution in [0.5, 0.6) is 5.75 Å². The first-order chi connectivity index (χ1) is 12.8. The van der Waals surface area contributed by atoms with E-state index in [9.17, 15) is 0 Å². The SMILES string of the molecule is Clc1ccc(C2=NN3[C@@H](C4CCCCC4)Oc4ccccc4[C@@H]3C2)cc1. The predicted molar refractivity (Wildman–Crippen MR) is 105 cm³/mol. The van der Waals surface area contributed by atoms with Gasteiger partial charge in [-0.3, -0.25) is 0 Å². The third-order valence-corrected chi connectivity index (χ3v) is 6.21. The largest absolute Gasteiger partial charge is 0.468 e. The standard InChI is InChI=1S/C22H23ClN2O/c23-17-12-10-15(11-13-17)19-14-20-18-8-4-5-9-21(18)26-22(25(20)24-19)16-6-2-1-3-7-16/h4-5,8-13,16,20,22H,1-3,6-7,14H2/t20-,22+/m0/s1. The summed E-state index contributed by atoms with van der Waals surface area (Å²) in [5.41, 5.74) is 3.55. The average Bonchev–Trinajstić information content (AvgIpc) is 3.14. The quantitative estimate of drug-likeness (QED) is 0.672. The Morgan fingerprint density at radius 3 is 2.54 bits per heavy atom. The monoisotopic (exact) mass is 366 g/mol. The molecule has 0 saturated heterocycles. The van der Waals surface area contributed by atoms with Crippen molar-refractivity contribution in [2.24, 2.45) is 11.0 Å². The molecule has 26 heavy (non-hydrogen) atoms. The minimum atomic E-state index is 0.0556. The molecule has 2 aromatic carbocycles. The van der Waals surface area contributed by atoms with E-state index in [4.69, 9.17) is 21.4 Å². The van der Waals surface area contributed by atoms with E-state index in [1.165, 1.54) is 37.7 Å². The normalized spacial score (nSPS) is 25.3. The molecule has 1 saturated carbocycles. The van der Waals surface area contributed by atoms with Gasteiger partial charge in [0.25, 0.3) is 0 Å². The summed E-state index contributed by atoms with van der Waals surface area (Å²) in [5.74, 6) is 1.60. The zero-order chi connectivity index (χ0) is 17.5. The maximum Gasteiger partial charge on any atom is 0.190 e. The van der Waals surface area contributed by atoms with Gasteiger partial charge in [-0.1, -0.05) is 61.2 Å². The molecule has 0 unspecified atom stereocenters. The van der Waals surface area contributed by atoms with E-state index >= 15 is 0 Å². The number of nitrogens with zero attached hydrogens (tertiary/aromatic N) is 2. The molecule has 3 aliphatic rings. The third-order valence-electron chi connectivity index (χ3n) is 5.96. The van der Waals surface area contributed by atoms with Crippen molar-refractivity contribution in [3.8, 4) is 5.75 Å². The van der Waals surface area contributed by atoms with Crippen molar-refractivity contribution in [3.63, 3.8) is 0 Å². The van der Waals surface area contributed by atoms with E-state index in [2.05, 4.69) is 41.4 Å². The molecule has 0 radical (unpaired) electrons. The lowest BCUT2D eigenvalue weighted by atomic mass is 9.86. The fraction of sp³-hybridized carbons (Fsp3) is 0.409. The Balaban J connectivity index is 1.52. The number of fused-ring (bicyclic) bond motifs is 3. The highest BCUT2D eigenvalue weighted by atomic mass is 35.5. The fourth-order valence-corrected chi connectivity index (χ4v) is 4.74. The number of para-hydroxylation sites is 1. The molecule has 3 nitrogen and oxygen atoms in total. The topological polar surface area (TPSA) is 24.8 Å². The summed E-state index contributed by atoms with van der Waals surface area (Å²) < 4.78 is 6.49. The van der Waals surface area contributed by atoms with E-state index in [0.29, 0.717) is 5.92 Å². The van der Waals surface area contributed by atoms with Crippen LogP contribution in [0.3, 0.4) is 0 Å². The van der Waals surface area contributed by atoms with E-state index in [-0.39, 0.29) is 12.3 Å². The third kappa shape index (κ3) is 2.79. The second-order valence-electron chi connectivity index (χ2n) is 7.60. The molecule has 1 fully saturated rings. The van der Waals surface area contributed by atoms with Gasteiger partial charge in [-0.2, -0.15) is 5.10 Å². The molecular weight excluding hydrogens is 344 g/mol. The first kappa shape index (κ1) is 16.2. The molecular formula is C22H23ClN2O. The highest BCUT2D eigenvalue weighted by molar-refractivity contribution is 6.30. The van der Waals surface area contributed by atoms with Crippen molar-refractivity contribution in [1.82, 2.24) is 5.01 Å². The lowest BCUT2D eigenvalue weighted by Crippen LogP contribution is -2.45. The van der Waals surface area contributed by atoms with Crippen LogP contribution in [0.4, 0.5) is 0 Å². The molecule has 1 aliphatic carbocycles. The van der Waals surface area contributed by atoms with Crippen LogP contribution in [0.1, 0.15) is 55.7 Å².